The van der Waals surface area contributed by atoms with Crippen molar-refractivity contribution >= 4 is 34.3 Å². The number of methoxy groups -OCH3 is 1. The molecule has 3 N–H and O–H groups in total. The molecule has 1 aromatic heterocycles. The standard InChI is InChI=1S/C13H13N5O4S/c1-7-11(23-13(14)16-7)12(19)17-15-6-8-3-4-10(22-2)9(5-8)18(20)21/h3-6H,1-2H3,(H2,14,16)(H,17,19)/b15-6-. The number of carbonyl (C=O) groups is 1. The van der Waals surface area contributed by atoms with Gasteiger partial charge in [0.15, 0.2) is 10.9 Å². The third-order valence-electron chi connectivity index (χ3n) is 2.80. The predicted octanol–water partition coefficient (Wildman–Crippen LogP) is 1.71. The van der Waals surface area contributed by atoms with Gasteiger partial charge in [-0.05, 0) is 19.1 Å². The van der Waals surface area contributed by atoms with E-state index >= 15 is 0 Å². The highest BCUT2D eigenvalue weighted by atomic mass is 32.1. The maximum absolute atomic E-state index is 11.9. The zero-order valence-electron chi connectivity index (χ0n) is 12.3. The molecular weight excluding hydrogens is 322 g/mol. The number of nitrogen functional groups attached to an aromatic ring is 1. The molecule has 0 radical (unpaired) electrons. The number of benzene rings is 1. The van der Waals surface area contributed by atoms with E-state index in [1.54, 1.807) is 13.0 Å². The second-order valence-corrected chi connectivity index (χ2v) is 5.38. The quantitative estimate of drug-likeness (QED) is 0.485. The van der Waals surface area contributed by atoms with E-state index in [0.29, 0.717) is 21.3 Å². The molecule has 0 aliphatic rings. The van der Waals surface area contributed by atoms with Gasteiger partial charge in [0.25, 0.3) is 5.91 Å². The van der Waals surface area contributed by atoms with Crippen molar-refractivity contribution in [3.8, 4) is 5.75 Å². The van der Waals surface area contributed by atoms with E-state index < -0.39 is 10.8 Å². The van der Waals surface area contributed by atoms with Crippen LogP contribution in [0.25, 0.3) is 0 Å². The molecule has 2 aromatic rings. The first-order valence-electron chi connectivity index (χ1n) is 6.31. The average Bonchev–Trinajstić information content (AvgIpc) is 2.85. The van der Waals surface area contributed by atoms with Crippen LogP contribution >= 0.6 is 11.3 Å². The molecule has 120 valence electrons. The molecule has 1 aromatic carbocycles. The lowest BCUT2D eigenvalue weighted by atomic mass is 10.2. The molecule has 0 spiro atoms. The molecule has 0 bridgehead atoms. The smallest absolute Gasteiger partial charge is 0.311 e. The Kier molecular flexibility index (Phi) is 4.86. The number of nitrogens with zero attached hydrogens (tertiary/aromatic N) is 3. The number of hydrogen-bond acceptors (Lipinski definition) is 8. The summed E-state index contributed by atoms with van der Waals surface area (Å²) in [6.45, 7) is 1.67. The maximum atomic E-state index is 11.9. The highest BCUT2D eigenvalue weighted by molar-refractivity contribution is 7.17. The second kappa shape index (κ2) is 6.83. The van der Waals surface area contributed by atoms with Crippen LogP contribution in [0.1, 0.15) is 20.9 Å². The first-order valence-corrected chi connectivity index (χ1v) is 7.12. The van der Waals surface area contributed by atoms with Gasteiger partial charge in [0.05, 0.1) is 23.9 Å². The first kappa shape index (κ1) is 16.4. The number of thiazole rings is 1. The number of hydrogen-bond donors (Lipinski definition) is 2. The summed E-state index contributed by atoms with van der Waals surface area (Å²) in [5, 5.41) is 15.0. The van der Waals surface area contributed by atoms with Gasteiger partial charge in [0.1, 0.15) is 4.88 Å². The maximum Gasteiger partial charge on any atom is 0.311 e. The van der Waals surface area contributed by atoms with Crippen LogP contribution in [-0.2, 0) is 0 Å². The topological polar surface area (TPSA) is 133 Å². The number of nitro benzene ring substituents is 1. The van der Waals surface area contributed by atoms with E-state index in [-0.39, 0.29) is 11.4 Å². The summed E-state index contributed by atoms with van der Waals surface area (Å²) in [4.78, 5) is 26.6. The van der Waals surface area contributed by atoms with Crippen molar-refractivity contribution in [3.05, 3.63) is 44.4 Å². The molecule has 0 unspecified atom stereocenters. The minimum atomic E-state index is -0.557. The van der Waals surface area contributed by atoms with Crippen molar-refractivity contribution < 1.29 is 14.5 Å². The van der Waals surface area contributed by atoms with Gasteiger partial charge in [0, 0.05) is 11.6 Å². The van der Waals surface area contributed by atoms with Crippen LogP contribution in [0.15, 0.2) is 23.3 Å². The molecule has 0 fully saturated rings. The highest BCUT2D eigenvalue weighted by Crippen LogP contribution is 2.26. The molecule has 0 saturated carbocycles. The summed E-state index contributed by atoms with van der Waals surface area (Å²) < 4.78 is 4.90. The average molecular weight is 335 g/mol. The second-order valence-electron chi connectivity index (χ2n) is 4.35. The third kappa shape index (κ3) is 3.80. The van der Waals surface area contributed by atoms with Crippen LogP contribution in [0.4, 0.5) is 10.8 Å². The highest BCUT2D eigenvalue weighted by Gasteiger charge is 2.15. The Morgan fingerprint density at radius 1 is 1.57 bits per heavy atom. The molecule has 10 heteroatoms. The van der Waals surface area contributed by atoms with E-state index in [1.165, 1.54) is 25.5 Å². The van der Waals surface area contributed by atoms with Gasteiger partial charge in [-0.3, -0.25) is 14.9 Å². The lowest BCUT2D eigenvalue weighted by Crippen LogP contribution is -2.17. The normalized spacial score (nSPS) is 10.7. The van der Waals surface area contributed by atoms with Gasteiger partial charge >= 0.3 is 5.69 Å². The molecule has 1 amide bonds. The molecular formula is C13H13N5O4S. The van der Waals surface area contributed by atoms with Crippen LogP contribution < -0.4 is 15.9 Å². The van der Waals surface area contributed by atoms with Crippen LogP contribution in [0.3, 0.4) is 0 Å². The van der Waals surface area contributed by atoms with Crippen molar-refractivity contribution in [2.45, 2.75) is 6.92 Å². The van der Waals surface area contributed by atoms with Crippen LogP contribution in [0.5, 0.6) is 5.75 Å². The molecule has 23 heavy (non-hydrogen) atoms. The van der Waals surface area contributed by atoms with E-state index in [0.717, 1.165) is 11.3 Å². The number of ether oxygens (including phenoxy) is 1. The fourth-order valence-electron chi connectivity index (χ4n) is 1.77. The Balaban J connectivity index is 2.11. The number of aryl methyl sites for hydroxylation is 1. The number of hydrazone groups is 1. The Hall–Kier alpha value is -3.01. The van der Waals surface area contributed by atoms with Crippen molar-refractivity contribution in [1.82, 2.24) is 10.4 Å². The number of aromatic nitrogens is 1. The van der Waals surface area contributed by atoms with Crippen LogP contribution in [0, 0.1) is 17.0 Å². The van der Waals surface area contributed by atoms with Crippen molar-refractivity contribution in [2.24, 2.45) is 5.10 Å². The van der Waals surface area contributed by atoms with Gasteiger partial charge in [-0.2, -0.15) is 5.10 Å². The zero-order chi connectivity index (χ0) is 17.0. The molecule has 1 heterocycles. The van der Waals surface area contributed by atoms with Gasteiger partial charge in [-0.25, -0.2) is 10.4 Å². The summed E-state index contributed by atoms with van der Waals surface area (Å²) in [6.07, 6.45) is 1.30. The minimum Gasteiger partial charge on any atom is -0.490 e. The fraction of sp³-hybridized carbons (Fsp3) is 0.154. The predicted molar refractivity (Wildman–Crippen MR) is 86.0 cm³/mol. The Morgan fingerprint density at radius 3 is 2.87 bits per heavy atom. The number of rotatable bonds is 5. The number of carbonyl (C=O) groups excluding carboxylic acids is 1. The first-order chi connectivity index (χ1) is 10.9. The van der Waals surface area contributed by atoms with E-state index in [1.807, 2.05) is 0 Å². The van der Waals surface area contributed by atoms with Crippen LogP contribution in [0.2, 0.25) is 0 Å². The summed E-state index contributed by atoms with van der Waals surface area (Å²) in [5.41, 5.74) is 8.62. The minimum absolute atomic E-state index is 0.145. The molecule has 0 atom stereocenters. The summed E-state index contributed by atoms with van der Waals surface area (Å²) >= 11 is 1.05. The van der Waals surface area contributed by atoms with Gasteiger partial charge < -0.3 is 10.5 Å². The molecule has 0 saturated heterocycles. The zero-order valence-corrected chi connectivity index (χ0v) is 13.1. The molecule has 0 aliphatic carbocycles. The third-order valence-corrected chi connectivity index (χ3v) is 3.78. The number of nitro groups is 1. The van der Waals surface area contributed by atoms with Gasteiger partial charge in [-0.15, -0.1) is 0 Å². The van der Waals surface area contributed by atoms with E-state index in [9.17, 15) is 14.9 Å². The van der Waals surface area contributed by atoms with Crippen molar-refractivity contribution in [2.75, 3.05) is 12.8 Å². The number of nitrogens with one attached hydrogen (secondary N) is 1. The van der Waals surface area contributed by atoms with Crippen molar-refractivity contribution in [3.63, 3.8) is 0 Å². The molecule has 0 aliphatic heterocycles. The number of anilines is 1. The molecule has 9 nitrogen and oxygen atoms in total. The monoisotopic (exact) mass is 335 g/mol. The Morgan fingerprint density at radius 2 is 2.30 bits per heavy atom. The summed E-state index contributed by atoms with van der Waals surface area (Å²) in [7, 11) is 1.35. The number of amides is 1. The van der Waals surface area contributed by atoms with Gasteiger partial charge in [-0.1, -0.05) is 11.3 Å². The van der Waals surface area contributed by atoms with Crippen molar-refractivity contribution in [1.29, 1.82) is 0 Å². The van der Waals surface area contributed by atoms with E-state index in [2.05, 4.69) is 15.5 Å². The largest absolute Gasteiger partial charge is 0.490 e. The summed E-state index contributed by atoms with van der Waals surface area (Å²) in [6, 6.07) is 4.33. The summed E-state index contributed by atoms with van der Waals surface area (Å²) in [5.74, 6) is -0.303. The van der Waals surface area contributed by atoms with E-state index in [4.69, 9.17) is 10.5 Å². The number of nitrogens with two attached hydrogens (primary N) is 1. The Bertz CT molecular complexity index is 787. The lowest BCUT2D eigenvalue weighted by molar-refractivity contribution is -0.385. The lowest BCUT2D eigenvalue weighted by Gasteiger charge is -2.02. The Labute approximate surface area is 134 Å². The molecule has 2 rings (SSSR count). The fourth-order valence-corrected chi connectivity index (χ4v) is 2.50. The van der Waals surface area contributed by atoms with Crippen LogP contribution in [-0.4, -0.2) is 29.1 Å². The SMILES string of the molecule is COc1ccc(/C=N\NC(=O)c2sc(N)nc2C)cc1[N+](=O)[O-]. The van der Waals surface area contributed by atoms with Gasteiger partial charge in [0.2, 0.25) is 0 Å².